The molecule has 0 saturated carbocycles. The molecule has 1 N–H and O–H groups in total. The Hall–Kier alpha value is 0.247. The summed E-state index contributed by atoms with van der Waals surface area (Å²) in [5.41, 5.74) is 0. The Kier molecular flexibility index (Phi) is 8.54. The second-order valence-electron chi connectivity index (χ2n) is 4.29. The molecule has 0 saturated heterocycles. The second-order valence-corrected chi connectivity index (χ2v) is 8.45. The van der Waals surface area contributed by atoms with Crippen LogP contribution in [0.5, 0.6) is 0 Å². The van der Waals surface area contributed by atoms with Gasteiger partial charge < -0.3 is 22.7 Å². The van der Waals surface area contributed by atoms with Crippen molar-refractivity contribution < 1.29 is 27.3 Å². The molecule has 0 aliphatic carbocycles. The number of hydrogen-bond donors (Lipinski definition) is 1. The van der Waals surface area contributed by atoms with Gasteiger partial charge in [-0.05, 0) is 20.8 Å². The van der Waals surface area contributed by atoms with Crippen molar-refractivity contribution in [2.24, 2.45) is 0 Å². The molecule has 6 nitrogen and oxygen atoms in total. The minimum Gasteiger partial charge on any atom is -0.373 e. The fraction of sp³-hybridized carbons (Fsp3) is 1.00. The molecule has 1 atom stereocenters. The highest BCUT2D eigenvalue weighted by Gasteiger charge is 2.55. The summed E-state index contributed by atoms with van der Waals surface area (Å²) in [6, 6.07) is 0. The first kappa shape index (κ1) is 18.2. The molecule has 0 amide bonds. The van der Waals surface area contributed by atoms with Crippen molar-refractivity contribution in [3.05, 3.63) is 0 Å². The molecular weight excluding hydrogens is 275 g/mol. The fourth-order valence-electron chi connectivity index (χ4n) is 1.61. The van der Waals surface area contributed by atoms with E-state index in [2.05, 4.69) is 0 Å². The van der Waals surface area contributed by atoms with Crippen LogP contribution in [0.3, 0.4) is 0 Å². The molecule has 110 valence electrons. The maximum absolute atomic E-state index is 10.7. The molecule has 0 bridgehead atoms. The predicted octanol–water partition coefficient (Wildman–Crippen LogP) is 2.21. The quantitative estimate of drug-likeness (QED) is 0.492. The van der Waals surface area contributed by atoms with Crippen LogP contribution in [0.4, 0.5) is 0 Å². The van der Waals surface area contributed by atoms with Gasteiger partial charge in [-0.25, -0.2) is 0 Å². The smallest absolute Gasteiger partial charge is 0.373 e. The summed E-state index contributed by atoms with van der Waals surface area (Å²) >= 11 is 0. The van der Waals surface area contributed by atoms with Gasteiger partial charge in [-0.15, -0.1) is 0 Å². The zero-order valence-corrected chi connectivity index (χ0v) is 13.8. The van der Waals surface area contributed by atoms with Crippen molar-refractivity contribution in [2.75, 3.05) is 26.4 Å². The fourth-order valence-corrected chi connectivity index (χ4v) is 5.05. The molecule has 0 heterocycles. The normalized spacial score (nSPS) is 14.8. The largest absolute Gasteiger partial charge is 0.509 e. The minimum atomic E-state index is -2.97. The van der Waals surface area contributed by atoms with E-state index in [4.69, 9.17) is 22.7 Å². The van der Waals surface area contributed by atoms with E-state index in [0.717, 1.165) is 0 Å². The van der Waals surface area contributed by atoms with Crippen molar-refractivity contribution in [3.8, 4) is 0 Å². The van der Waals surface area contributed by atoms with Gasteiger partial charge in [0.2, 0.25) is 0 Å². The van der Waals surface area contributed by atoms with Crippen LogP contribution in [0, 0.1) is 0 Å². The van der Waals surface area contributed by atoms with Crippen LogP contribution in [0.25, 0.3) is 0 Å². The Labute approximate surface area is 111 Å². The molecule has 0 aliphatic rings. The zero-order valence-electron chi connectivity index (χ0n) is 11.8. The van der Waals surface area contributed by atoms with Gasteiger partial charge >= 0.3 is 17.1 Å². The third kappa shape index (κ3) is 5.09. The van der Waals surface area contributed by atoms with Crippen LogP contribution in [-0.2, 0) is 22.4 Å². The van der Waals surface area contributed by atoms with Gasteiger partial charge in [0, 0.05) is 19.8 Å². The Morgan fingerprint density at radius 3 is 1.72 bits per heavy atom. The van der Waals surface area contributed by atoms with Crippen molar-refractivity contribution in [2.45, 2.75) is 39.7 Å². The van der Waals surface area contributed by atoms with Crippen molar-refractivity contribution in [1.29, 1.82) is 0 Å². The maximum atomic E-state index is 10.7. The predicted molar refractivity (Wildman–Crippen MR) is 71.8 cm³/mol. The minimum absolute atomic E-state index is 0.0630. The van der Waals surface area contributed by atoms with E-state index in [9.17, 15) is 4.57 Å². The van der Waals surface area contributed by atoms with Gasteiger partial charge in [0.15, 0.2) is 0 Å². The van der Waals surface area contributed by atoms with Crippen LogP contribution in [-0.4, -0.2) is 40.1 Å². The van der Waals surface area contributed by atoms with E-state index < -0.39 is 22.1 Å². The van der Waals surface area contributed by atoms with E-state index in [-0.39, 0.29) is 6.61 Å². The highest BCUT2D eigenvalue weighted by molar-refractivity contribution is 7.32. The molecule has 0 aromatic rings. The van der Waals surface area contributed by atoms with Crippen LogP contribution in [0.15, 0.2) is 0 Å². The summed E-state index contributed by atoms with van der Waals surface area (Å²) in [6.07, 6.45) is 0. The van der Waals surface area contributed by atoms with Gasteiger partial charge in [0.05, 0.1) is 11.6 Å². The molecule has 0 radical (unpaired) electrons. The van der Waals surface area contributed by atoms with Gasteiger partial charge in [-0.1, -0.05) is 13.8 Å². The van der Waals surface area contributed by atoms with Gasteiger partial charge in [-0.3, -0.25) is 4.57 Å². The Balaban J connectivity index is 5.02. The molecule has 0 spiro atoms. The summed E-state index contributed by atoms with van der Waals surface area (Å²) in [6.45, 7) is 10.8. The Morgan fingerprint density at radius 2 is 1.44 bits per heavy atom. The molecule has 0 aromatic heterocycles. The zero-order chi connectivity index (χ0) is 14.2. The number of hydrogen-bond acceptors (Lipinski definition) is 5. The first-order valence-corrected chi connectivity index (χ1v) is 9.11. The molecule has 0 fully saturated rings. The summed E-state index contributed by atoms with van der Waals surface area (Å²) in [5, 5.41) is -0.585. The first-order valence-electron chi connectivity index (χ1n) is 6.12. The second kappa shape index (κ2) is 8.42. The Morgan fingerprint density at radius 1 is 1.06 bits per heavy atom. The average Bonchev–Trinajstić information content (AvgIpc) is 2.27. The summed E-state index contributed by atoms with van der Waals surface area (Å²) in [7, 11) is -5.91. The molecule has 0 rings (SSSR count). The number of rotatable bonds is 10. The van der Waals surface area contributed by atoms with Gasteiger partial charge in [0.25, 0.3) is 0 Å². The lowest BCUT2D eigenvalue weighted by Gasteiger charge is -2.40. The topological polar surface area (TPSA) is 74.2 Å². The lowest BCUT2D eigenvalue weighted by Crippen LogP contribution is -2.56. The summed E-state index contributed by atoms with van der Waals surface area (Å²) < 4.78 is 32.8. The molecule has 0 aliphatic heterocycles. The molecular formula is C10H25O6PSi. The van der Waals surface area contributed by atoms with Crippen LogP contribution >= 0.6 is 8.25 Å². The average molecular weight is 300 g/mol. The first-order chi connectivity index (χ1) is 8.35. The van der Waals surface area contributed by atoms with Crippen molar-refractivity contribution in [3.63, 3.8) is 0 Å². The summed E-state index contributed by atoms with van der Waals surface area (Å²) in [4.78, 5) is 8.79. The van der Waals surface area contributed by atoms with E-state index in [1.165, 1.54) is 0 Å². The molecule has 0 aromatic carbocycles. The van der Waals surface area contributed by atoms with Crippen LogP contribution < -0.4 is 0 Å². The van der Waals surface area contributed by atoms with E-state index in [0.29, 0.717) is 19.8 Å². The lowest BCUT2D eigenvalue weighted by atomic mass is 10.2. The van der Waals surface area contributed by atoms with E-state index >= 15 is 0 Å². The Bertz CT molecular complexity index is 244. The van der Waals surface area contributed by atoms with Crippen LogP contribution in [0.2, 0.25) is 5.04 Å². The van der Waals surface area contributed by atoms with Crippen molar-refractivity contribution >= 4 is 17.1 Å². The molecule has 18 heavy (non-hydrogen) atoms. The summed E-state index contributed by atoms with van der Waals surface area (Å²) in [5.74, 6) is 0. The SMILES string of the molecule is CCO[Si](OCC)(OCC)C(C)(C)CO[PH](=O)O. The highest BCUT2D eigenvalue weighted by Crippen LogP contribution is 2.41. The third-order valence-electron chi connectivity index (χ3n) is 2.39. The molecule has 8 heteroatoms. The molecule has 1 unspecified atom stereocenters. The third-order valence-corrected chi connectivity index (χ3v) is 6.59. The van der Waals surface area contributed by atoms with Gasteiger partial charge in [-0.2, -0.15) is 0 Å². The van der Waals surface area contributed by atoms with E-state index in [1.807, 2.05) is 34.6 Å². The van der Waals surface area contributed by atoms with Gasteiger partial charge in [0.1, 0.15) is 0 Å². The highest BCUT2D eigenvalue weighted by atomic mass is 31.1. The van der Waals surface area contributed by atoms with Crippen molar-refractivity contribution in [1.82, 2.24) is 0 Å². The standard InChI is InChI=1S/C10H25O6PSi/c1-6-14-18(15-7-2,16-8-3)10(4,5)9-13-17(11)12/h17H,6-9H2,1-5H3,(H,11,12). The van der Waals surface area contributed by atoms with E-state index in [1.54, 1.807) is 0 Å². The lowest BCUT2D eigenvalue weighted by molar-refractivity contribution is 0.0386. The monoisotopic (exact) mass is 300 g/mol. The van der Waals surface area contributed by atoms with Crippen LogP contribution in [0.1, 0.15) is 34.6 Å². The maximum Gasteiger partial charge on any atom is 0.509 e.